The second kappa shape index (κ2) is 4.79. The van der Waals surface area contributed by atoms with Crippen LogP contribution in [0.15, 0.2) is 33.5 Å². The fraction of sp³-hybridized carbons (Fsp3) is 0.500. The summed E-state index contributed by atoms with van der Waals surface area (Å²) in [5, 5.41) is 0. The molecule has 0 spiro atoms. The molecule has 0 N–H and O–H groups in total. The van der Waals surface area contributed by atoms with Crippen molar-refractivity contribution in [3.05, 3.63) is 29.8 Å². The van der Waals surface area contributed by atoms with Crippen molar-refractivity contribution in [2.24, 2.45) is 10.3 Å². The van der Waals surface area contributed by atoms with Gasteiger partial charge in [-0.1, -0.05) is 13.8 Å². The molecule has 1 heterocycles. The fourth-order valence-electron chi connectivity index (χ4n) is 1.66. The van der Waals surface area contributed by atoms with Crippen molar-refractivity contribution < 1.29 is 21.6 Å². The predicted octanol–water partition coefficient (Wildman–Crippen LogP) is 3.50. The van der Waals surface area contributed by atoms with Crippen LogP contribution in [0.5, 0.6) is 0 Å². The Morgan fingerprint density at radius 2 is 1.89 bits per heavy atom. The molecule has 1 aromatic rings. The molecule has 0 radical (unpaired) electrons. The zero-order chi connectivity index (χ0) is 14.3. The minimum Gasteiger partial charge on any atom is -0.279 e. The number of hydrogen-bond acceptors (Lipinski definition) is 3. The molecule has 2 rings (SSSR count). The van der Waals surface area contributed by atoms with Gasteiger partial charge in [-0.2, -0.15) is 13.2 Å². The van der Waals surface area contributed by atoms with E-state index >= 15 is 0 Å². The Hall–Kier alpha value is -1.08. The van der Waals surface area contributed by atoms with Gasteiger partial charge < -0.3 is 0 Å². The van der Waals surface area contributed by atoms with Crippen LogP contribution in [-0.4, -0.2) is 16.9 Å². The fourth-order valence-corrected chi connectivity index (χ4v) is 3.44. The largest absolute Gasteiger partial charge is 0.416 e. The predicted molar refractivity (Wildman–Crippen MR) is 64.9 cm³/mol. The first-order valence-corrected chi connectivity index (χ1v) is 7.24. The minimum absolute atomic E-state index is 0.178. The third kappa shape index (κ3) is 2.92. The van der Waals surface area contributed by atoms with Crippen molar-refractivity contribution in [3.8, 4) is 0 Å². The van der Waals surface area contributed by atoms with Crippen LogP contribution in [0.3, 0.4) is 0 Å². The average Bonchev–Trinajstić information content (AvgIpc) is 2.73. The number of hydrogen-bond donors (Lipinski definition) is 0. The van der Waals surface area contributed by atoms with Crippen LogP contribution in [0, 0.1) is 5.92 Å². The number of benzene rings is 1. The number of rotatable bonds is 2. The molecule has 1 aliphatic heterocycles. The maximum absolute atomic E-state index is 12.4. The summed E-state index contributed by atoms with van der Waals surface area (Å²) in [6.45, 7) is 4.09. The first-order chi connectivity index (χ1) is 8.72. The van der Waals surface area contributed by atoms with Crippen molar-refractivity contribution in [2.75, 3.05) is 6.61 Å². The second-order valence-electron chi connectivity index (χ2n) is 4.70. The van der Waals surface area contributed by atoms with Crippen LogP contribution in [0.4, 0.5) is 13.2 Å². The van der Waals surface area contributed by atoms with Crippen molar-refractivity contribution in [1.82, 2.24) is 0 Å². The Morgan fingerprint density at radius 1 is 1.32 bits per heavy atom. The van der Waals surface area contributed by atoms with Crippen molar-refractivity contribution >= 4 is 10.0 Å². The quantitative estimate of drug-likeness (QED) is 0.837. The molecule has 0 amide bonds. The van der Waals surface area contributed by atoms with Gasteiger partial charge in [-0.3, -0.25) is 4.18 Å². The lowest BCUT2D eigenvalue weighted by Crippen LogP contribution is -2.13. The molecule has 3 nitrogen and oxygen atoms in total. The number of halogens is 3. The molecular weight excluding hydrogens is 279 g/mol. The van der Waals surface area contributed by atoms with E-state index in [1.165, 1.54) is 0 Å². The Kier molecular flexibility index (Phi) is 3.61. The van der Waals surface area contributed by atoms with Crippen LogP contribution >= 0.6 is 0 Å². The van der Waals surface area contributed by atoms with Gasteiger partial charge in [-0.25, -0.2) is 8.57 Å². The monoisotopic (exact) mass is 293 g/mol. The lowest BCUT2D eigenvalue weighted by molar-refractivity contribution is -0.137. The van der Waals surface area contributed by atoms with E-state index in [1.807, 2.05) is 13.8 Å². The first-order valence-electron chi connectivity index (χ1n) is 5.80. The zero-order valence-electron chi connectivity index (χ0n) is 10.5. The summed E-state index contributed by atoms with van der Waals surface area (Å²) in [7, 11) is -3.03. The number of nitrogens with zero attached hydrogens (tertiary/aromatic N) is 1. The summed E-state index contributed by atoms with van der Waals surface area (Å²) >= 11 is 0. The van der Waals surface area contributed by atoms with Crippen LogP contribution in [0.1, 0.15) is 19.4 Å². The second-order valence-corrected chi connectivity index (χ2v) is 6.57. The van der Waals surface area contributed by atoms with Crippen LogP contribution in [0.2, 0.25) is 0 Å². The Balaban J connectivity index is 2.34. The maximum Gasteiger partial charge on any atom is 0.416 e. The van der Waals surface area contributed by atoms with Crippen LogP contribution < -0.4 is 0 Å². The van der Waals surface area contributed by atoms with Gasteiger partial charge in [0.05, 0.1) is 23.1 Å². The average molecular weight is 293 g/mol. The Bertz CT molecular complexity index is 572. The molecule has 1 aromatic carbocycles. The lowest BCUT2D eigenvalue weighted by atomic mass is 10.1. The molecule has 0 saturated heterocycles. The van der Waals surface area contributed by atoms with Crippen LogP contribution in [-0.2, 0) is 20.4 Å². The summed E-state index contributed by atoms with van der Waals surface area (Å²) in [6.07, 6.45) is -4.40. The molecule has 0 aliphatic carbocycles. The third-order valence-electron chi connectivity index (χ3n) is 2.92. The highest BCUT2D eigenvalue weighted by molar-refractivity contribution is 7.89. The number of alkyl halides is 3. The van der Waals surface area contributed by atoms with E-state index in [4.69, 9.17) is 4.18 Å². The maximum atomic E-state index is 12.4. The molecule has 0 unspecified atom stereocenters. The smallest absolute Gasteiger partial charge is 0.279 e. The Morgan fingerprint density at radius 3 is 2.32 bits per heavy atom. The van der Waals surface area contributed by atoms with E-state index in [1.54, 1.807) is 0 Å². The van der Waals surface area contributed by atoms with E-state index in [9.17, 15) is 17.4 Å². The Labute approximate surface area is 110 Å². The molecule has 7 heteroatoms. The molecule has 0 fully saturated rings. The first kappa shape index (κ1) is 14.3. The van der Waals surface area contributed by atoms with Crippen molar-refractivity contribution in [1.29, 1.82) is 0 Å². The third-order valence-corrected chi connectivity index (χ3v) is 4.79. The van der Waals surface area contributed by atoms with Gasteiger partial charge in [-0.15, -0.1) is 0 Å². The normalized spacial score (nSPS) is 27.6. The summed E-state index contributed by atoms with van der Waals surface area (Å²) < 4.78 is 59.0. The molecule has 106 valence electrons. The standard InChI is InChI=1S/C12H14F3NO2S/c1-8(2)11-7-18-19(17,16-11)10-5-3-9(4-6-10)12(13,14)15/h3-6,8,11H,7H2,1-2H3/t11-,19+/m0/s1. The van der Waals surface area contributed by atoms with Gasteiger partial charge in [0.25, 0.3) is 0 Å². The van der Waals surface area contributed by atoms with Crippen molar-refractivity contribution in [2.45, 2.75) is 31.0 Å². The SMILES string of the molecule is CC(C)[C@@H]1CO[S@](=O)(c2ccc(C(F)(F)F)cc2)=N1. The van der Waals surface area contributed by atoms with E-state index in [-0.39, 0.29) is 23.5 Å². The zero-order valence-corrected chi connectivity index (χ0v) is 11.3. The molecule has 2 atom stereocenters. The van der Waals surface area contributed by atoms with E-state index in [2.05, 4.69) is 4.36 Å². The topological polar surface area (TPSA) is 38.7 Å². The van der Waals surface area contributed by atoms with Gasteiger partial charge in [0.1, 0.15) is 0 Å². The van der Waals surface area contributed by atoms with E-state index in [0.717, 1.165) is 24.3 Å². The highest BCUT2D eigenvalue weighted by Gasteiger charge is 2.32. The highest BCUT2D eigenvalue weighted by atomic mass is 32.2. The van der Waals surface area contributed by atoms with Gasteiger partial charge in [0.2, 0.25) is 0 Å². The molecule has 19 heavy (non-hydrogen) atoms. The van der Waals surface area contributed by atoms with Crippen molar-refractivity contribution in [3.63, 3.8) is 0 Å². The summed E-state index contributed by atoms with van der Waals surface area (Å²) in [5.41, 5.74) is -0.780. The van der Waals surface area contributed by atoms with Gasteiger partial charge in [0.15, 0.2) is 10.0 Å². The van der Waals surface area contributed by atoms with Crippen LogP contribution in [0.25, 0.3) is 0 Å². The molecule has 0 saturated carbocycles. The molecule has 0 bridgehead atoms. The summed E-state index contributed by atoms with van der Waals surface area (Å²) in [5.74, 6) is 0.178. The van der Waals surface area contributed by atoms with Gasteiger partial charge in [0, 0.05) is 0 Å². The minimum atomic E-state index is -4.40. The molecule has 1 aliphatic rings. The lowest BCUT2D eigenvalue weighted by Gasteiger charge is -2.08. The highest BCUT2D eigenvalue weighted by Crippen LogP contribution is 2.31. The summed E-state index contributed by atoms with van der Waals surface area (Å²) in [4.78, 5) is 0.184. The van der Waals surface area contributed by atoms with E-state index < -0.39 is 21.7 Å². The van der Waals surface area contributed by atoms with Gasteiger partial charge in [-0.05, 0) is 30.2 Å². The van der Waals surface area contributed by atoms with E-state index in [0.29, 0.717) is 0 Å². The molecule has 0 aromatic heterocycles. The van der Waals surface area contributed by atoms with Gasteiger partial charge >= 0.3 is 6.18 Å². The molecular formula is C12H14F3NO2S. The summed E-state index contributed by atoms with van der Waals surface area (Å²) in [6, 6.07) is 3.93.